The van der Waals surface area contributed by atoms with Crippen molar-refractivity contribution in [3.05, 3.63) is 17.8 Å². The molecule has 0 radical (unpaired) electrons. The third kappa shape index (κ3) is 1.98. The normalized spacial score (nSPS) is 13.1. The lowest BCUT2D eigenvalue weighted by atomic mass is 10.2. The second-order valence-corrected chi connectivity index (χ2v) is 4.16. The average molecular weight is 234 g/mol. The fourth-order valence-electron chi connectivity index (χ4n) is 2.05. The van der Waals surface area contributed by atoms with E-state index < -0.39 is 0 Å². The van der Waals surface area contributed by atoms with E-state index in [0.29, 0.717) is 12.6 Å². The molecule has 5 nitrogen and oxygen atoms in total. The Labute approximate surface area is 101 Å². The Kier molecular flexibility index (Phi) is 3.28. The molecule has 0 aliphatic carbocycles. The molecule has 2 heterocycles. The maximum atomic E-state index is 5.99. The first-order valence-electron chi connectivity index (χ1n) is 5.77. The Balaban J connectivity index is 2.59. The molecule has 0 aliphatic heterocycles. The first-order chi connectivity index (χ1) is 8.19. The van der Waals surface area contributed by atoms with E-state index in [1.807, 2.05) is 17.6 Å². The van der Waals surface area contributed by atoms with E-state index in [-0.39, 0.29) is 6.04 Å². The van der Waals surface area contributed by atoms with Crippen LogP contribution in [0.5, 0.6) is 0 Å². The summed E-state index contributed by atoms with van der Waals surface area (Å²) in [5, 5.41) is 0. The molecule has 0 saturated carbocycles. The Morgan fingerprint density at radius 2 is 2.29 bits per heavy atom. The van der Waals surface area contributed by atoms with Crippen molar-refractivity contribution in [2.24, 2.45) is 0 Å². The fraction of sp³-hybridized carbons (Fsp3) is 0.500. The molecule has 0 fully saturated rings. The average Bonchev–Trinajstić information content (AvgIpc) is 2.64. The third-order valence-corrected chi connectivity index (χ3v) is 3.00. The van der Waals surface area contributed by atoms with Gasteiger partial charge < -0.3 is 10.5 Å². The van der Waals surface area contributed by atoms with E-state index in [4.69, 9.17) is 10.5 Å². The highest BCUT2D eigenvalue weighted by Crippen LogP contribution is 2.25. The predicted octanol–water partition coefficient (Wildman–Crippen LogP) is 1.92. The molecule has 5 heteroatoms. The number of methoxy groups -OCH3 is 1. The molecule has 0 saturated heterocycles. The number of imidazole rings is 1. The number of nitrogen functional groups attached to an aromatic ring is 1. The second-order valence-electron chi connectivity index (χ2n) is 4.16. The lowest BCUT2D eigenvalue weighted by Gasteiger charge is -2.17. The third-order valence-electron chi connectivity index (χ3n) is 3.00. The van der Waals surface area contributed by atoms with Gasteiger partial charge in [-0.15, -0.1) is 0 Å². The van der Waals surface area contributed by atoms with E-state index in [9.17, 15) is 0 Å². The molecule has 2 aromatic rings. The number of fused-ring (bicyclic) bond motifs is 1. The van der Waals surface area contributed by atoms with Crippen LogP contribution in [-0.4, -0.2) is 28.3 Å². The summed E-state index contributed by atoms with van der Waals surface area (Å²) in [5.41, 5.74) is 8.79. The highest BCUT2D eigenvalue weighted by molar-refractivity contribution is 5.77. The van der Waals surface area contributed by atoms with Crippen molar-refractivity contribution < 1.29 is 4.74 Å². The number of hydrogen-bond acceptors (Lipinski definition) is 4. The van der Waals surface area contributed by atoms with Crippen molar-refractivity contribution in [3.63, 3.8) is 0 Å². The van der Waals surface area contributed by atoms with Crippen LogP contribution in [0.1, 0.15) is 24.9 Å². The summed E-state index contributed by atoms with van der Waals surface area (Å²) in [5.74, 6) is 0.505. The van der Waals surface area contributed by atoms with Gasteiger partial charge in [0.15, 0.2) is 5.65 Å². The Hall–Kier alpha value is -1.62. The summed E-state index contributed by atoms with van der Waals surface area (Å²) < 4.78 is 7.18. The number of nitrogens with two attached hydrogens (primary N) is 1. The van der Waals surface area contributed by atoms with Crippen molar-refractivity contribution in [3.8, 4) is 0 Å². The topological polar surface area (TPSA) is 66.0 Å². The number of rotatable bonds is 4. The van der Waals surface area contributed by atoms with E-state index in [2.05, 4.69) is 16.9 Å². The first kappa shape index (κ1) is 11.9. The van der Waals surface area contributed by atoms with Crippen molar-refractivity contribution >= 4 is 17.1 Å². The first-order valence-corrected chi connectivity index (χ1v) is 5.77. The minimum Gasteiger partial charge on any atom is -0.383 e. The number of aryl methyl sites for hydroxylation is 1. The van der Waals surface area contributed by atoms with Crippen molar-refractivity contribution in [2.45, 2.75) is 26.3 Å². The van der Waals surface area contributed by atoms with Crippen molar-refractivity contribution in [1.82, 2.24) is 14.5 Å². The second kappa shape index (κ2) is 4.71. The van der Waals surface area contributed by atoms with Crippen LogP contribution in [0.15, 0.2) is 12.3 Å². The molecule has 2 aromatic heterocycles. The molecular weight excluding hydrogens is 216 g/mol. The number of ether oxygens (including phenoxy) is 1. The summed E-state index contributed by atoms with van der Waals surface area (Å²) in [6, 6.07) is 2.12. The predicted molar refractivity (Wildman–Crippen MR) is 67.9 cm³/mol. The highest BCUT2D eigenvalue weighted by Gasteiger charge is 2.17. The van der Waals surface area contributed by atoms with Gasteiger partial charge in [0.25, 0.3) is 0 Å². The molecule has 0 aromatic carbocycles. The minimum absolute atomic E-state index is 0.180. The van der Waals surface area contributed by atoms with Gasteiger partial charge in [-0.05, 0) is 25.0 Å². The van der Waals surface area contributed by atoms with Crippen LogP contribution in [-0.2, 0) is 4.74 Å². The van der Waals surface area contributed by atoms with Crippen molar-refractivity contribution in [2.75, 3.05) is 19.5 Å². The molecule has 92 valence electrons. The van der Waals surface area contributed by atoms with Gasteiger partial charge >= 0.3 is 0 Å². The molecular formula is C12H18N4O. The molecule has 2 rings (SSSR count). The zero-order valence-corrected chi connectivity index (χ0v) is 10.5. The van der Waals surface area contributed by atoms with Gasteiger partial charge in [0.2, 0.25) is 5.95 Å². The van der Waals surface area contributed by atoms with Crippen LogP contribution >= 0.6 is 0 Å². The zero-order valence-electron chi connectivity index (χ0n) is 10.5. The molecule has 1 atom stereocenters. The number of anilines is 1. The summed E-state index contributed by atoms with van der Waals surface area (Å²) >= 11 is 0. The van der Waals surface area contributed by atoms with Gasteiger partial charge in [-0.25, -0.2) is 9.97 Å². The monoisotopic (exact) mass is 234 g/mol. The van der Waals surface area contributed by atoms with Crippen LogP contribution in [0.2, 0.25) is 0 Å². The van der Waals surface area contributed by atoms with Crippen LogP contribution in [0.3, 0.4) is 0 Å². The standard InChI is InChI=1S/C12H18N4O/c1-4-9(7-17-3)16-11-10(15-12(16)13)8(2)5-6-14-11/h5-6,9H,4,7H2,1-3H3,(H2,13,15). The molecule has 0 amide bonds. The molecule has 0 bridgehead atoms. The smallest absolute Gasteiger partial charge is 0.202 e. The van der Waals surface area contributed by atoms with Gasteiger partial charge in [0.05, 0.1) is 12.6 Å². The van der Waals surface area contributed by atoms with Gasteiger partial charge in [0.1, 0.15) is 5.52 Å². The van der Waals surface area contributed by atoms with E-state index >= 15 is 0 Å². The SMILES string of the molecule is CCC(COC)n1c(N)nc2c(C)ccnc21. The van der Waals surface area contributed by atoms with Crippen LogP contribution in [0.25, 0.3) is 11.2 Å². The summed E-state index contributed by atoms with van der Waals surface area (Å²) in [7, 11) is 1.69. The maximum absolute atomic E-state index is 5.99. The number of aromatic nitrogens is 3. The fourth-order valence-corrected chi connectivity index (χ4v) is 2.05. The molecule has 0 aliphatic rings. The Bertz CT molecular complexity index is 520. The lowest BCUT2D eigenvalue weighted by molar-refractivity contribution is 0.155. The largest absolute Gasteiger partial charge is 0.383 e. The summed E-state index contributed by atoms with van der Waals surface area (Å²) in [4.78, 5) is 8.77. The van der Waals surface area contributed by atoms with Gasteiger partial charge in [-0.1, -0.05) is 6.92 Å². The zero-order chi connectivity index (χ0) is 12.4. The Morgan fingerprint density at radius 1 is 1.53 bits per heavy atom. The van der Waals surface area contributed by atoms with Gasteiger partial charge in [-0.2, -0.15) is 0 Å². The molecule has 17 heavy (non-hydrogen) atoms. The number of hydrogen-bond donors (Lipinski definition) is 1. The number of pyridine rings is 1. The van der Waals surface area contributed by atoms with Crippen LogP contribution < -0.4 is 5.73 Å². The molecule has 2 N–H and O–H groups in total. The van der Waals surface area contributed by atoms with Gasteiger partial charge in [0, 0.05) is 13.3 Å². The minimum atomic E-state index is 0.180. The van der Waals surface area contributed by atoms with Gasteiger partial charge in [-0.3, -0.25) is 4.57 Å². The number of nitrogens with zero attached hydrogens (tertiary/aromatic N) is 3. The van der Waals surface area contributed by atoms with E-state index in [0.717, 1.165) is 23.1 Å². The Morgan fingerprint density at radius 3 is 2.94 bits per heavy atom. The van der Waals surface area contributed by atoms with E-state index in [1.54, 1.807) is 13.3 Å². The van der Waals surface area contributed by atoms with Crippen LogP contribution in [0.4, 0.5) is 5.95 Å². The van der Waals surface area contributed by atoms with Crippen LogP contribution in [0, 0.1) is 6.92 Å². The highest BCUT2D eigenvalue weighted by atomic mass is 16.5. The summed E-state index contributed by atoms with van der Waals surface area (Å²) in [6.07, 6.45) is 2.72. The quantitative estimate of drug-likeness (QED) is 0.877. The lowest BCUT2D eigenvalue weighted by Crippen LogP contribution is -2.16. The van der Waals surface area contributed by atoms with E-state index in [1.165, 1.54) is 0 Å². The maximum Gasteiger partial charge on any atom is 0.202 e. The van der Waals surface area contributed by atoms with Crippen molar-refractivity contribution in [1.29, 1.82) is 0 Å². The molecule has 1 unspecified atom stereocenters. The molecule has 0 spiro atoms. The summed E-state index contributed by atoms with van der Waals surface area (Å²) in [6.45, 7) is 4.73.